The maximum atomic E-state index is 13.1. The Morgan fingerprint density at radius 3 is 0.683 bits per heavy atom. The number of carbonyl (C=O) groups excluding carboxylic acids is 4. The summed E-state index contributed by atoms with van der Waals surface area (Å²) >= 11 is 0. The number of aliphatic hydroxyl groups excluding tert-OH is 1. The number of phosphoric ester groups is 2. The van der Waals surface area contributed by atoms with Crippen molar-refractivity contribution in [1.82, 2.24) is 0 Å². The molecular weight excluding hydrogens is 1350 g/mol. The van der Waals surface area contributed by atoms with E-state index in [9.17, 15) is 43.2 Å². The Morgan fingerprint density at radius 2 is 0.462 bits per heavy atom. The van der Waals surface area contributed by atoms with Gasteiger partial charge in [0.05, 0.1) is 26.4 Å². The molecule has 0 aromatic rings. The zero-order valence-corrected chi connectivity index (χ0v) is 70.0. The largest absolute Gasteiger partial charge is 0.472 e. The van der Waals surface area contributed by atoms with Crippen molar-refractivity contribution in [2.45, 2.75) is 477 Å². The summed E-state index contributed by atoms with van der Waals surface area (Å²) in [5, 5.41) is 10.7. The average molecular weight is 1520 g/mol. The lowest BCUT2D eigenvalue weighted by molar-refractivity contribution is -0.161. The van der Waals surface area contributed by atoms with Crippen molar-refractivity contribution in [3.63, 3.8) is 0 Å². The van der Waals surface area contributed by atoms with Crippen molar-refractivity contribution in [3.8, 4) is 0 Å². The normalized spacial score (nSPS) is 14.0. The van der Waals surface area contributed by atoms with E-state index in [0.717, 1.165) is 95.8 Å². The van der Waals surface area contributed by atoms with Crippen LogP contribution in [0.5, 0.6) is 0 Å². The van der Waals surface area contributed by atoms with E-state index in [-0.39, 0.29) is 25.7 Å². The molecule has 6 atom stereocenters. The number of ether oxygens (including phenoxy) is 4. The van der Waals surface area contributed by atoms with E-state index < -0.39 is 97.5 Å². The number of aliphatic hydroxyl groups is 1. The quantitative estimate of drug-likeness (QED) is 0.0222. The van der Waals surface area contributed by atoms with Crippen LogP contribution < -0.4 is 0 Å². The molecule has 0 bridgehead atoms. The van der Waals surface area contributed by atoms with E-state index in [1.165, 1.54) is 283 Å². The first-order chi connectivity index (χ1) is 50.6. The Bertz CT molecular complexity index is 1980. The Morgan fingerprint density at radius 1 is 0.269 bits per heavy atom. The second-order valence-corrected chi connectivity index (χ2v) is 33.7. The van der Waals surface area contributed by atoms with Crippen LogP contribution in [-0.4, -0.2) is 96.7 Å². The second kappa shape index (κ2) is 77.8. The van der Waals surface area contributed by atoms with Gasteiger partial charge in [0, 0.05) is 25.7 Å². The number of phosphoric acid groups is 2. The highest BCUT2D eigenvalue weighted by Gasteiger charge is 2.30. The van der Waals surface area contributed by atoms with Gasteiger partial charge >= 0.3 is 39.5 Å². The zero-order valence-electron chi connectivity index (χ0n) is 68.2. The monoisotopic (exact) mass is 1520 g/mol. The molecule has 0 heterocycles. The molecule has 17 nitrogen and oxygen atoms in total. The van der Waals surface area contributed by atoms with Crippen molar-refractivity contribution in [2.75, 3.05) is 39.6 Å². The van der Waals surface area contributed by atoms with Gasteiger partial charge in [-0.25, -0.2) is 9.13 Å². The van der Waals surface area contributed by atoms with Gasteiger partial charge in [-0.05, 0) is 31.6 Å². The average Bonchev–Trinajstić information content (AvgIpc) is 0.908. The van der Waals surface area contributed by atoms with Gasteiger partial charge in [0.1, 0.15) is 19.3 Å². The highest BCUT2D eigenvalue weighted by Crippen LogP contribution is 2.45. The number of carbonyl (C=O) groups is 4. The highest BCUT2D eigenvalue weighted by atomic mass is 31.2. The molecule has 0 aliphatic carbocycles. The Kier molecular flexibility index (Phi) is 76.3. The summed E-state index contributed by atoms with van der Waals surface area (Å²) in [5.41, 5.74) is 0. The molecule has 0 amide bonds. The molecular formula is C85H166O17P2. The lowest BCUT2D eigenvalue weighted by Gasteiger charge is -2.21. The lowest BCUT2D eigenvalue weighted by Crippen LogP contribution is -2.30. The molecule has 0 saturated carbocycles. The van der Waals surface area contributed by atoms with Crippen LogP contribution in [0.1, 0.15) is 458 Å². The fourth-order valence-corrected chi connectivity index (χ4v) is 14.8. The highest BCUT2D eigenvalue weighted by molar-refractivity contribution is 7.47. The van der Waals surface area contributed by atoms with Crippen LogP contribution in [0.25, 0.3) is 0 Å². The van der Waals surface area contributed by atoms with Crippen LogP contribution in [0.15, 0.2) is 0 Å². The fraction of sp³-hybridized carbons (Fsp3) is 0.953. The van der Waals surface area contributed by atoms with Gasteiger partial charge in [-0.2, -0.15) is 0 Å². The standard InChI is InChI=1S/C85H166O17P2/c1-6-10-13-16-19-22-25-27-29-30-31-32-33-35-41-46-51-56-61-66-71-85(90)102-81(75-96-83(88)69-64-59-54-49-44-39-37-36-38-43-47-52-57-62-67-78(5)9-4)77-100-104(93,94)98-73-79(86)72-97-103(91,92)99-76-80(74-95-82(87)68-63-58-53-48-42-24-21-18-15-12-8-3)101-84(89)70-65-60-55-50-45-40-34-28-26-23-20-17-14-11-7-2/h78-81,86H,6-77H2,1-5H3,(H,91,92)(H,93,94)/t78?,79-,80+,81+/m0/s1. The van der Waals surface area contributed by atoms with Crippen molar-refractivity contribution >= 4 is 39.5 Å². The second-order valence-electron chi connectivity index (χ2n) is 30.8. The summed E-state index contributed by atoms with van der Waals surface area (Å²) < 4.78 is 68.9. The predicted octanol–water partition coefficient (Wildman–Crippen LogP) is 26.0. The smallest absolute Gasteiger partial charge is 0.462 e. The lowest BCUT2D eigenvalue weighted by atomic mass is 9.99. The minimum atomic E-state index is -4.96. The summed E-state index contributed by atoms with van der Waals surface area (Å²) in [5.74, 6) is -1.25. The van der Waals surface area contributed by atoms with Gasteiger partial charge in [-0.1, -0.05) is 407 Å². The van der Waals surface area contributed by atoms with Crippen LogP contribution >= 0.6 is 15.6 Å². The minimum Gasteiger partial charge on any atom is -0.462 e. The van der Waals surface area contributed by atoms with E-state index >= 15 is 0 Å². The Balaban J connectivity index is 5.24. The third kappa shape index (κ3) is 76.8. The summed E-state index contributed by atoms with van der Waals surface area (Å²) in [6.07, 6.45) is 70.6. The molecule has 3 unspecified atom stereocenters. The van der Waals surface area contributed by atoms with Crippen molar-refractivity contribution in [3.05, 3.63) is 0 Å². The molecule has 0 saturated heterocycles. The van der Waals surface area contributed by atoms with Crippen LogP contribution in [-0.2, 0) is 65.4 Å². The van der Waals surface area contributed by atoms with Gasteiger partial charge in [0.25, 0.3) is 0 Å². The molecule has 618 valence electrons. The third-order valence-corrected chi connectivity index (χ3v) is 22.3. The third-order valence-electron chi connectivity index (χ3n) is 20.4. The molecule has 0 fully saturated rings. The maximum Gasteiger partial charge on any atom is 0.472 e. The van der Waals surface area contributed by atoms with Gasteiger partial charge in [0.15, 0.2) is 12.2 Å². The van der Waals surface area contributed by atoms with Crippen LogP contribution in [0.3, 0.4) is 0 Å². The van der Waals surface area contributed by atoms with Crippen molar-refractivity contribution in [1.29, 1.82) is 0 Å². The number of hydrogen-bond donors (Lipinski definition) is 3. The van der Waals surface area contributed by atoms with Crippen molar-refractivity contribution in [2.24, 2.45) is 5.92 Å². The van der Waals surface area contributed by atoms with Gasteiger partial charge in [-0.3, -0.25) is 37.3 Å². The minimum absolute atomic E-state index is 0.109. The molecule has 19 heteroatoms. The summed E-state index contributed by atoms with van der Waals surface area (Å²) in [4.78, 5) is 73.2. The fourth-order valence-electron chi connectivity index (χ4n) is 13.3. The molecule has 0 spiro atoms. The molecule has 0 aliphatic heterocycles. The van der Waals surface area contributed by atoms with Gasteiger partial charge < -0.3 is 33.8 Å². The van der Waals surface area contributed by atoms with Crippen LogP contribution in [0.4, 0.5) is 0 Å². The Labute approximate surface area is 638 Å². The van der Waals surface area contributed by atoms with Gasteiger partial charge in [-0.15, -0.1) is 0 Å². The van der Waals surface area contributed by atoms with E-state index in [1.807, 2.05) is 0 Å². The zero-order chi connectivity index (χ0) is 76.2. The summed E-state index contributed by atoms with van der Waals surface area (Å²) in [6.45, 7) is 7.42. The molecule has 3 N–H and O–H groups in total. The van der Waals surface area contributed by atoms with Crippen LogP contribution in [0, 0.1) is 5.92 Å². The molecule has 104 heavy (non-hydrogen) atoms. The number of rotatable bonds is 85. The van der Waals surface area contributed by atoms with Crippen molar-refractivity contribution < 1.29 is 80.2 Å². The first-order valence-corrected chi connectivity index (χ1v) is 47.2. The number of unbranched alkanes of at least 4 members (excludes halogenated alkanes) is 56. The molecule has 0 aromatic carbocycles. The van der Waals surface area contributed by atoms with Crippen LogP contribution in [0.2, 0.25) is 0 Å². The first kappa shape index (κ1) is 102. The topological polar surface area (TPSA) is 237 Å². The molecule has 0 aliphatic rings. The predicted molar refractivity (Wildman–Crippen MR) is 428 cm³/mol. The Hall–Kier alpha value is -1.94. The van der Waals surface area contributed by atoms with E-state index in [2.05, 4.69) is 34.6 Å². The number of esters is 4. The maximum absolute atomic E-state index is 13.1. The number of hydrogen-bond acceptors (Lipinski definition) is 15. The first-order valence-electron chi connectivity index (χ1n) is 44.2. The van der Waals surface area contributed by atoms with Gasteiger partial charge in [0.2, 0.25) is 0 Å². The SMILES string of the molecule is CCCCCCCCCCCCCCCCCCCCCCC(=O)O[C@H](COC(=O)CCCCCCCCCCCCCCCCC(C)CC)COP(=O)(O)OC[C@@H](O)COP(=O)(O)OC[C@@H](COC(=O)CCCCCCCCCCCCC)OC(=O)CCCCCCCCCCCCCCCCC. The summed E-state index contributed by atoms with van der Waals surface area (Å²) in [6, 6.07) is 0. The molecule has 0 rings (SSSR count). The van der Waals surface area contributed by atoms with E-state index in [1.54, 1.807) is 0 Å². The van der Waals surface area contributed by atoms with E-state index in [4.69, 9.17) is 37.0 Å². The summed E-state index contributed by atoms with van der Waals surface area (Å²) in [7, 11) is -9.92. The molecule has 0 aromatic heterocycles. The van der Waals surface area contributed by atoms with E-state index in [0.29, 0.717) is 25.7 Å². The molecule has 0 radical (unpaired) electrons.